The van der Waals surface area contributed by atoms with Crippen LogP contribution in [-0.4, -0.2) is 37.9 Å². The van der Waals surface area contributed by atoms with Gasteiger partial charge in [0.2, 0.25) is 10.0 Å². The second kappa shape index (κ2) is 5.58. The van der Waals surface area contributed by atoms with Crippen molar-refractivity contribution in [3.63, 3.8) is 0 Å². The number of hydrogen-bond donors (Lipinski definition) is 1. The van der Waals surface area contributed by atoms with Gasteiger partial charge in [-0.3, -0.25) is 0 Å². The van der Waals surface area contributed by atoms with Gasteiger partial charge in [0.1, 0.15) is 0 Å². The van der Waals surface area contributed by atoms with Gasteiger partial charge in [0.05, 0.1) is 10.5 Å². The number of nitrogens with zero attached hydrogens (tertiary/aromatic N) is 1. The average molecular weight is 322 g/mol. The van der Waals surface area contributed by atoms with Crippen LogP contribution in [0.2, 0.25) is 0 Å². The molecule has 1 aromatic carbocycles. The topological polar surface area (TPSA) is 49.4 Å². The van der Waals surface area contributed by atoms with Crippen molar-refractivity contribution in [2.75, 3.05) is 13.1 Å². The molecule has 0 radical (unpaired) electrons. The maximum Gasteiger partial charge on any atom is 0.416 e. The van der Waals surface area contributed by atoms with E-state index in [2.05, 4.69) is 5.32 Å². The van der Waals surface area contributed by atoms with Gasteiger partial charge in [-0.05, 0) is 32.0 Å². The van der Waals surface area contributed by atoms with Crippen molar-refractivity contribution in [1.29, 1.82) is 0 Å². The predicted molar refractivity (Wildman–Crippen MR) is 72.3 cm³/mol. The molecule has 0 aromatic heterocycles. The molecule has 1 N–H and O–H groups in total. The first-order valence-corrected chi connectivity index (χ1v) is 7.99. The maximum absolute atomic E-state index is 12.7. The number of halogens is 3. The van der Waals surface area contributed by atoms with Gasteiger partial charge in [0.15, 0.2) is 0 Å². The lowest BCUT2D eigenvalue weighted by molar-refractivity contribution is -0.137. The molecule has 1 aromatic rings. The Labute approximate surface area is 122 Å². The summed E-state index contributed by atoms with van der Waals surface area (Å²) >= 11 is 0. The van der Waals surface area contributed by atoms with Crippen LogP contribution >= 0.6 is 0 Å². The van der Waals surface area contributed by atoms with Crippen LogP contribution < -0.4 is 5.32 Å². The lowest BCUT2D eigenvalue weighted by atomic mass is 10.2. The Kier molecular flexibility index (Phi) is 4.32. The molecule has 0 amide bonds. The highest BCUT2D eigenvalue weighted by Gasteiger charge is 2.36. The molecule has 1 fully saturated rings. The molecule has 0 bridgehead atoms. The quantitative estimate of drug-likeness (QED) is 0.907. The maximum atomic E-state index is 12.7. The van der Waals surface area contributed by atoms with E-state index in [9.17, 15) is 21.6 Å². The summed E-state index contributed by atoms with van der Waals surface area (Å²) in [6.07, 6.45) is -4.56. The van der Waals surface area contributed by atoms with Crippen LogP contribution in [0.25, 0.3) is 0 Å². The summed E-state index contributed by atoms with van der Waals surface area (Å²) in [7, 11) is -3.93. The van der Waals surface area contributed by atoms with E-state index in [-0.39, 0.29) is 23.5 Å². The molecule has 2 atom stereocenters. The van der Waals surface area contributed by atoms with E-state index in [0.29, 0.717) is 12.6 Å². The Hall–Kier alpha value is -1.12. The zero-order valence-corrected chi connectivity index (χ0v) is 12.5. The van der Waals surface area contributed by atoms with Crippen molar-refractivity contribution in [3.8, 4) is 0 Å². The van der Waals surface area contributed by atoms with Gasteiger partial charge in [-0.25, -0.2) is 8.42 Å². The van der Waals surface area contributed by atoms with Crippen molar-refractivity contribution < 1.29 is 21.6 Å². The smallest absolute Gasteiger partial charge is 0.311 e. The number of nitrogens with one attached hydrogen (secondary N) is 1. The SMILES string of the molecule is C[C@@H]1CN[C@@H](C)CN1S(=O)(=O)c1cccc(C(F)(F)F)c1. The number of piperazine rings is 1. The van der Waals surface area contributed by atoms with Crippen LogP contribution in [0.5, 0.6) is 0 Å². The Morgan fingerprint density at radius 3 is 2.57 bits per heavy atom. The summed E-state index contributed by atoms with van der Waals surface area (Å²) in [5, 5.41) is 3.13. The molecule has 1 aliphatic rings. The number of benzene rings is 1. The molecule has 0 aliphatic carbocycles. The molecule has 0 saturated carbocycles. The number of sulfonamides is 1. The first-order chi connectivity index (χ1) is 9.62. The summed E-state index contributed by atoms with van der Waals surface area (Å²) in [5.41, 5.74) is -0.959. The minimum Gasteiger partial charge on any atom is -0.311 e. The summed E-state index contributed by atoms with van der Waals surface area (Å²) < 4.78 is 64.5. The fourth-order valence-corrected chi connectivity index (χ4v) is 4.06. The number of hydrogen-bond acceptors (Lipinski definition) is 3. The molecule has 8 heteroatoms. The molecule has 4 nitrogen and oxygen atoms in total. The lowest BCUT2D eigenvalue weighted by Crippen LogP contribution is -2.56. The number of rotatable bonds is 2. The van der Waals surface area contributed by atoms with Gasteiger partial charge in [-0.15, -0.1) is 0 Å². The first kappa shape index (κ1) is 16.3. The van der Waals surface area contributed by atoms with Crippen LogP contribution in [-0.2, 0) is 16.2 Å². The van der Waals surface area contributed by atoms with Crippen LogP contribution in [0.3, 0.4) is 0 Å². The highest BCUT2D eigenvalue weighted by atomic mass is 32.2. The van der Waals surface area contributed by atoms with E-state index in [1.165, 1.54) is 10.4 Å². The summed E-state index contributed by atoms with van der Waals surface area (Å²) in [6, 6.07) is 3.52. The van der Waals surface area contributed by atoms with Gasteiger partial charge >= 0.3 is 6.18 Å². The highest BCUT2D eigenvalue weighted by molar-refractivity contribution is 7.89. The Morgan fingerprint density at radius 1 is 1.29 bits per heavy atom. The Morgan fingerprint density at radius 2 is 1.95 bits per heavy atom. The molecule has 21 heavy (non-hydrogen) atoms. The highest BCUT2D eigenvalue weighted by Crippen LogP contribution is 2.31. The standard InChI is InChI=1S/C13H17F3N2O2S/c1-9-8-18(10(2)7-17-9)21(19,20)12-5-3-4-11(6-12)13(14,15)16/h3-6,9-10,17H,7-8H2,1-2H3/t9-,10+/m0/s1. The van der Waals surface area contributed by atoms with Gasteiger partial charge in [0.25, 0.3) is 0 Å². The minimum absolute atomic E-state index is 0.0400. The molecule has 2 rings (SSSR count). The van der Waals surface area contributed by atoms with E-state index >= 15 is 0 Å². The van der Waals surface area contributed by atoms with Crippen molar-refractivity contribution in [2.24, 2.45) is 0 Å². The molecule has 1 aliphatic heterocycles. The lowest BCUT2D eigenvalue weighted by Gasteiger charge is -2.36. The van der Waals surface area contributed by atoms with Crippen molar-refractivity contribution >= 4 is 10.0 Å². The normalized spacial score (nSPS) is 25.0. The van der Waals surface area contributed by atoms with Gasteiger partial charge < -0.3 is 5.32 Å². The first-order valence-electron chi connectivity index (χ1n) is 6.55. The molecule has 118 valence electrons. The Bertz CT molecular complexity index is 616. The molecule has 1 saturated heterocycles. The van der Waals surface area contributed by atoms with Crippen molar-refractivity contribution in [3.05, 3.63) is 29.8 Å². The van der Waals surface area contributed by atoms with Crippen LogP contribution in [0, 0.1) is 0 Å². The van der Waals surface area contributed by atoms with Gasteiger partial charge in [-0.2, -0.15) is 17.5 Å². The Balaban J connectivity index is 2.40. The molecule has 0 unspecified atom stereocenters. The van der Waals surface area contributed by atoms with Crippen LogP contribution in [0.1, 0.15) is 19.4 Å². The van der Waals surface area contributed by atoms with E-state index in [1.807, 2.05) is 6.92 Å². The third kappa shape index (κ3) is 3.38. The van der Waals surface area contributed by atoms with Crippen molar-refractivity contribution in [1.82, 2.24) is 9.62 Å². The predicted octanol–water partition coefficient (Wildman–Crippen LogP) is 2.08. The fraction of sp³-hybridized carbons (Fsp3) is 0.538. The zero-order chi connectivity index (χ0) is 15.8. The second-order valence-corrected chi connectivity index (χ2v) is 7.15. The second-order valence-electron chi connectivity index (χ2n) is 5.26. The molecular formula is C13H17F3N2O2S. The van der Waals surface area contributed by atoms with E-state index < -0.39 is 21.8 Å². The third-order valence-corrected chi connectivity index (χ3v) is 5.45. The average Bonchev–Trinajstić information content (AvgIpc) is 2.40. The van der Waals surface area contributed by atoms with Gasteiger partial charge in [-0.1, -0.05) is 6.07 Å². The van der Waals surface area contributed by atoms with E-state index in [1.54, 1.807) is 6.92 Å². The third-order valence-electron chi connectivity index (χ3n) is 3.48. The van der Waals surface area contributed by atoms with Gasteiger partial charge in [0, 0.05) is 25.2 Å². The summed E-state index contributed by atoms with van der Waals surface area (Å²) in [6.45, 7) is 4.27. The van der Waals surface area contributed by atoms with Crippen molar-refractivity contribution in [2.45, 2.75) is 37.0 Å². The summed E-state index contributed by atoms with van der Waals surface area (Å²) in [4.78, 5) is -0.321. The fourth-order valence-electron chi connectivity index (χ4n) is 2.29. The van der Waals surface area contributed by atoms with Crippen LogP contribution in [0.4, 0.5) is 13.2 Å². The molecule has 1 heterocycles. The summed E-state index contributed by atoms with van der Waals surface area (Å²) in [5.74, 6) is 0. The molecule has 0 spiro atoms. The number of alkyl halides is 3. The van der Waals surface area contributed by atoms with E-state index in [4.69, 9.17) is 0 Å². The largest absolute Gasteiger partial charge is 0.416 e. The monoisotopic (exact) mass is 322 g/mol. The zero-order valence-electron chi connectivity index (χ0n) is 11.7. The van der Waals surface area contributed by atoms with Crippen LogP contribution in [0.15, 0.2) is 29.2 Å². The minimum atomic E-state index is -4.56. The molecular weight excluding hydrogens is 305 g/mol. The van der Waals surface area contributed by atoms with E-state index in [0.717, 1.165) is 12.1 Å².